The predicted molar refractivity (Wildman–Crippen MR) is 158 cm³/mol. The number of esters is 1. The number of carbonyl (C=O) groups excluding carboxylic acids is 1. The number of ether oxygens (including phenoxy) is 2. The number of anilines is 3. The molecule has 0 saturated carbocycles. The van der Waals surface area contributed by atoms with E-state index in [0.717, 1.165) is 41.4 Å². The van der Waals surface area contributed by atoms with Crippen LogP contribution in [0.15, 0.2) is 23.1 Å². The summed E-state index contributed by atoms with van der Waals surface area (Å²) >= 11 is 0. The van der Waals surface area contributed by atoms with Crippen LogP contribution < -0.4 is 21.1 Å². The maximum atomic E-state index is 15.5. The number of carbonyl (C=O) groups is 1. The van der Waals surface area contributed by atoms with Gasteiger partial charge in [-0.15, -0.1) is 0 Å². The van der Waals surface area contributed by atoms with Gasteiger partial charge in [0.15, 0.2) is 11.4 Å². The zero-order valence-electron chi connectivity index (χ0n) is 25.3. The van der Waals surface area contributed by atoms with Crippen molar-refractivity contribution in [3.63, 3.8) is 0 Å². The van der Waals surface area contributed by atoms with Crippen LogP contribution in [0.2, 0.25) is 0 Å². The first-order valence-corrected chi connectivity index (χ1v) is 14.8. The summed E-state index contributed by atoms with van der Waals surface area (Å²) in [5, 5.41) is 23.5. The third-order valence-electron chi connectivity index (χ3n) is 8.05. The smallest absolute Gasteiger partial charge is 0.368 e. The minimum absolute atomic E-state index is 0.0192. The summed E-state index contributed by atoms with van der Waals surface area (Å²) in [6.07, 6.45) is 7.23. The lowest BCUT2D eigenvalue weighted by atomic mass is 9.83. The Balaban J connectivity index is 1.42. The van der Waals surface area contributed by atoms with Crippen LogP contribution in [-0.2, 0) is 16.6 Å². The second-order valence-electron chi connectivity index (χ2n) is 11.5. The molecular weight excluding hydrogens is 571 g/mol. The van der Waals surface area contributed by atoms with Crippen molar-refractivity contribution < 1.29 is 18.7 Å². The van der Waals surface area contributed by atoms with Crippen molar-refractivity contribution in [1.29, 1.82) is 5.26 Å². The first kappa shape index (κ1) is 30.9. The van der Waals surface area contributed by atoms with Crippen molar-refractivity contribution in [3.05, 3.63) is 40.2 Å². The fourth-order valence-corrected chi connectivity index (χ4v) is 5.80. The zero-order valence-corrected chi connectivity index (χ0v) is 25.3. The van der Waals surface area contributed by atoms with E-state index in [-0.39, 0.29) is 35.2 Å². The molecule has 15 heteroatoms. The highest BCUT2D eigenvalue weighted by Gasteiger charge is 2.34. The van der Waals surface area contributed by atoms with Gasteiger partial charge in [0.25, 0.3) is 0 Å². The summed E-state index contributed by atoms with van der Waals surface area (Å²) < 4.78 is 28.4. The van der Waals surface area contributed by atoms with Crippen LogP contribution >= 0.6 is 0 Å². The van der Waals surface area contributed by atoms with E-state index in [0.29, 0.717) is 24.3 Å². The van der Waals surface area contributed by atoms with E-state index in [4.69, 9.17) is 9.47 Å². The van der Waals surface area contributed by atoms with Crippen molar-refractivity contribution in [2.75, 3.05) is 36.9 Å². The van der Waals surface area contributed by atoms with Crippen molar-refractivity contribution in [2.24, 2.45) is 13.0 Å². The Hall–Kier alpha value is -4.58. The van der Waals surface area contributed by atoms with Gasteiger partial charge >= 0.3 is 11.7 Å². The molecule has 0 aliphatic carbocycles. The molecule has 2 fully saturated rings. The fourth-order valence-electron chi connectivity index (χ4n) is 5.80. The Morgan fingerprint density at radius 2 is 2.00 bits per heavy atom. The highest BCUT2D eigenvalue weighted by atomic mass is 19.1. The maximum absolute atomic E-state index is 15.5. The van der Waals surface area contributed by atoms with E-state index < -0.39 is 23.1 Å². The number of nitriles is 1. The monoisotopic (exact) mass is 608 g/mol. The topological polar surface area (TPSA) is 165 Å². The third-order valence-corrected chi connectivity index (χ3v) is 8.05. The van der Waals surface area contributed by atoms with Gasteiger partial charge in [0.2, 0.25) is 5.95 Å². The van der Waals surface area contributed by atoms with Crippen LogP contribution in [0.25, 0.3) is 5.69 Å². The lowest BCUT2D eigenvalue weighted by Gasteiger charge is -2.44. The second-order valence-corrected chi connectivity index (χ2v) is 11.5. The number of hydrogen-bond donors (Lipinski definition) is 2. The zero-order chi connectivity index (χ0) is 31.4. The van der Waals surface area contributed by atoms with Crippen LogP contribution in [0.5, 0.6) is 5.75 Å². The van der Waals surface area contributed by atoms with Crippen LogP contribution in [-0.4, -0.2) is 78.5 Å². The first-order valence-electron chi connectivity index (χ1n) is 14.8. The van der Waals surface area contributed by atoms with Gasteiger partial charge < -0.3 is 25.0 Å². The number of piperidine rings is 2. The minimum Gasteiger partial charge on any atom is -0.474 e. The number of aryl methyl sites for hydroxylation is 1. The molecule has 2 N–H and O–H groups in total. The van der Waals surface area contributed by atoms with Crippen molar-refractivity contribution in [2.45, 2.75) is 64.5 Å². The lowest BCUT2D eigenvalue weighted by molar-refractivity contribution is -0.158. The normalized spacial score (nSPS) is 18.6. The molecule has 44 heavy (non-hydrogen) atoms. The minimum atomic E-state index is -1.51. The molecule has 2 saturated heterocycles. The Morgan fingerprint density at radius 1 is 1.20 bits per heavy atom. The van der Waals surface area contributed by atoms with Crippen molar-refractivity contribution in [3.8, 4) is 17.5 Å². The SMILES string of the molecule is CCOC(=O)C(C)(C)Oc1cc(F)c(Nc2ncc(C#N)c(NC[C@@H]3CCCN4CCCC[C@H]34)n2)cc1-n1nnn(C)c1=O. The molecule has 0 amide bonds. The first-order chi connectivity index (χ1) is 21.1. The molecule has 234 valence electrons. The van der Waals surface area contributed by atoms with Gasteiger partial charge in [-0.1, -0.05) is 6.42 Å². The Morgan fingerprint density at radius 3 is 2.73 bits per heavy atom. The summed E-state index contributed by atoms with van der Waals surface area (Å²) in [6.45, 7) is 7.64. The third kappa shape index (κ3) is 6.49. The van der Waals surface area contributed by atoms with Gasteiger partial charge in [0, 0.05) is 25.7 Å². The Bertz CT molecular complexity index is 1610. The molecule has 1 aromatic carbocycles. The van der Waals surface area contributed by atoms with Gasteiger partial charge in [0.1, 0.15) is 28.9 Å². The molecule has 0 unspecified atom stereocenters. The number of hydrogen-bond acceptors (Lipinski definition) is 12. The number of nitrogens with one attached hydrogen (secondary N) is 2. The summed E-state index contributed by atoms with van der Waals surface area (Å²) in [5.41, 5.74) is -1.95. The van der Waals surface area contributed by atoms with E-state index in [1.54, 1.807) is 6.92 Å². The molecule has 2 aliphatic heterocycles. The van der Waals surface area contributed by atoms with Crippen LogP contribution in [0.1, 0.15) is 58.4 Å². The van der Waals surface area contributed by atoms with Gasteiger partial charge in [0.05, 0.1) is 18.5 Å². The number of aromatic nitrogens is 6. The molecule has 4 heterocycles. The average molecular weight is 609 g/mol. The molecular formula is C29H37FN10O4. The van der Waals surface area contributed by atoms with Gasteiger partial charge in [-0.25, -0.2) is 19.0 Å². The molecule has 5 rings (SSSR count). The molecule has 3 aromatic rings. The number of rotatable bonds is 10. The number of tetrazole rings is 1. The molecule has 0 radical (unpaired) electrons. The molecule has 2 atom stereocenters. The number of halogens is 1. The predicted octanol–water partition coefficient (Wildman–Crippen LogP) is 2.91. The maximum Gasteiger partial charge on any atom is 0.368 e. The molecule has 0 bridgehead atoms. The average Bonchev–Trinajstić information content (AvgIpc) is 3.34. The van der Waals surface area contributed by atoms with E-state index in [2.05, 4.69) is 42.0 Å². The Kier molecular flexibility index (Phi) is 9.09. The summed E-state index contributed by atoms with van der Waals surface area (Å²) in [6, 6.07) is 4.95. The summed E-state index contributed by atoms with van der Waals surface area (Å²) in [7, 11) is 1.41. The molecule has 14 nitrogen and oxygen atoms in total. The quantitative estimate of drug-likeness (QED) is 0.324. The summed E-state index contributed by atoms with van der Waals surface area (Å²) in [5.74, 6) is -0.774. The lowest BCUT2D eigenvalue weighted by Crippen LogP contribution is -2.49. The fraction of sp³-hybridized carbons (Fsp3) is 0.552. The highest BCUT2D eigenvalue weighted by Crippen LogP contribution is 2.34. The van der Waals surface area contributed by atoms with Gasteiger partial charge in [-0.3, -0.25) is 0 Å². The van der Waals surface area contributed by atoms with Gasteiger partial charge in [-0.05, 0) is 82.0 Å². The van der Waals surface area contributed by atoms with Crippen LogP contribution in [0.3, 0.4) is 0 Å². The van der Waals surface area contributed by atoms with E-state index in [9.17, 15) is 14.9 Å². The number of benzene rings is 1. The number of nitrogens with zero attached hydrogens (tertiary/aromatic N) is 8. The van der Waals surface area contributed by atoms with Crippen LogP contribution in [0, 0.1) is 23.1 Å². The summed E-state index contributed by atoms with van der Waals surface area (Å²) in [4.78, 5) is 36.5. The standard InChI is InChI=1S/C29H37FN10O4/c1-5-43-26(41)29(2,3)44-24-13-20(30)21(14-23(24)40-28(42)38(4)36-37-40)34-27-33-17-19(15-31)25(35-27)32-16-18-9-8-12-39-11-7-6-10-22(18)39/h13-14,17-18,22H,5-12,16H2,1-4H3,(H2,32,33,34,35)/t18-,22+/m0/s1. The van der Waals surface area contributed by atoms with E-state index in [1.165, 1.54) is 52.4 Å². The van der Waals surface area contributed by atoms with E-state index >= 15 is 4.39 Å². The van der Waals surface area contributed by atoms with Crippen molar-refractivity contribution >= 4 is 23.4 Å². The van der Waals surface area contributed by atoms with Crippen molar-refractivity contribution in [1.82, 2.24) is 34.7 Å². The highest BCUT2D eigenvalue weighted by molar-refractivity contribution is 5.79. The molecule has 0 spiro atoms. The molecule has 2 aromatic heterocycles. The van der Waals surface area contributed by atoms with Gasteiger partial charge in [-0.2, -0.15) is 19.6 Å². The Labute approximate surface area is 254 Å². The second kappa shape index (κ2) is 13.0. The number of fused-ring (bicyclic) bond motifs is 1. The largest absolute Gasteiger partial charge is 0.474 e. The van der Waals surface area contributed by atoms with E-state index in [1.807, 2.05) is 0 Å². The molecule has 2 aliphatic rings. The van der Waals surface area contributed by atoms with Crippen LogP contribution in [0.4, 0.5) is 21.8 Å².